The number of carbonyl (C=O) groups is 1. The van der Waals surface area contributed by atoms with Gasteiger partial charge in [0.1, 0.15) is 0 Å². The molecule has 1 aromatic rings. The number of amides is 2. The lowest BCUT2D eigenvalue weighted by Crippen LogP contribution is -2.57. The van der Waals surface area contributed by atoms with Gasteiger partial charge in [-0.1, -0.05) is 24.6 Å². The Labute approximate surface area is 151 Å². The normalized spacial score (nSPS) is 26.2. The standard InChI is InChI=1S/C19H24F3N3O/c1-2-10-25-14-6-5-7-15(25)12-13(11-14)23-18(26)24-17-9-4-3-8-16(17)19(20,21)22/h2-4,8-9,13-15H,1,5-7,10-12H2,(H2,23,24,26)/t14-,15-/m1/s1. The summed E-state index contributed by atoms with van der Waals surface area (Å²) in [5.41, 5.74) is -1.06. The van der Waals surface area contributed by atoms with Crippen LogP contribution in [0.2, 0.25) is 0 Å². The molecule has 2 heterocycles. The van der Waals surface area contributed by atoms with Gasteiger partial charge < -0.3 is 10.6 Å². The van der Waals surface area contributed by atoms with E-state index in [1.807, 2.05) is 6.08 Å². The molecule has 3 rings (SSSR count). The van der Waals surface area contributed by atoms with Crippen LogP contribution in [0.5, 0.6) is 0 Å². The number of nitrogens with one attached hydrogen (secondary N) is 2. The number of piperidine rings is 2. The van der Waals surface area contributed by atoms with Gasteiger partial charge in [0.2, 0.25) is 0 Å². The van der Waals surface area contributed by atoms with Crippen molar-refractivity contribution in [3.8, 4) is 0 Å². The molecule has 2 aliphatic rings. The first-order valence-corrected chi connectivity index (χ1v) is 8.99. The van der Waals surface area contributed by atoms with E-state index in [-0.39, 0.29) is 11.7 Å². The van der Waals surface area contributed by atoms with Gasteiger partial charge >= 0.3 is 12.2 Å². The Morgan fingerprint density at radius 2 is 1.88 bits per heavy atom. The number of rotatable bonds is 4. The summed E-state index contributed by atoms with van der Waals surface area (Å²) in [7, 11) is 0. The summed E-state index contributed by atoms with van der Waals surface area (Å²) in [5.74, 6) is 0. The van der Waals surface area contributed by atoms with E-state index in [4.69, 9.17) is 0 Å². The van der Waals surface area contributed by atoms with Crippen LogP contribution in [0.4, 0.5) is 23.7 Å². The number of hydrogen-bond acceptors (Lipinski definition) is 2. The number of anilines is 1. The highest BCUT2D eigenvalue weighted by Crippen LogP contribution is 2.35. The second-order valence-electron chi connectivity index (χ2n) is 7.03. The van der Waals surface area contributed by atoms with Crippen molar-refractivity contribution in [1.82, 2.24) is 10.2 Å². The number of hydrogen-bond donors (Lipinski definition) is 2. The fourth-order valence-electron chi connectivity index (χ4n) is 4.23. The van der Waals surface area contributed by atoms with Crippen LogP contribution in [0.3, 0.4) is 0 Å². The van der Waals surface area contributed by atoms with Crippen LogP contribution in [0.1, 0.15) is 37.7 Å². The molecule has 0 aromatic heterocycles. The zero-order valence-corrected chi connectivity index (χ0v) is 14.6. The summed E-state index contributed by atoms with van der Waals surface area (Å²) >= 11 is 0. The Morgan fingerprint density at radius 3 is 2.50 bits per heavy atom. The fraction of sp³-hybridized carbons (Fsp3) is 0.526. The quantitative estimate of drug-likeness (QED) is 0.775. The minimum atomic E-state index is -4.50. The van der Waals surface area contributed by atoms with Gasteiger partial charge in [0.15, 0.2) is 0 Å². The molecule has 0 aliphatic carbocycles. The van der Waals surface area contributed by atoms with Crippen molar-refractivity contribution < 1.29 is 18.0 Å². The third-order valence-electron chi connectivity index (χ3n) is 5.28. The average molecular weight is 367 g/mol. The first-order valence-electron chi connectivity index (χ1n) is 8.99. The van der Waals surface area contributed by atoms with Crippen molar-refractivity contribution in [2.45, 2.75) is 56.4 Å². The van der Waals surface area contributed by atoms with Crippen molar-refractivity contribution in [3.05, 3.63) is 42.5 Å². The minimum Gasteiger partial charge on any atom is -0.335 e. The number of alkyl halides is 3. The monoisotopic (exact) mass is 367 g/mol. The Hall–Kier alpha value is -2.02. The number of nitrogens with zero attached hydrogens (tertiary/aromatic N) is 1. The molecule has 0 unspecified atom stereocenters. The van der Waals surface area contributed by atoms with Crippen molar-refractivity contribution in [2.24, 2.45) is 0 Å². The molecule has 1 aromatic carbocycles. The van der Waals surface area contributed by atoms with E-state index < -0.39 is 17.8 Å². The molecule has 2 saturated heterocycles. The maximum Gasteiger partial charge on any atom is 0.418 e. The Balaban J connectivity index is 1.62. The summed E-state index contributed by atoms with van der Waals surface area (Å²) in [6.45, 7) is 4.65. The van der Waals surface area contributed by atoms with Crippen molar-refractivity contribution >= 4 is 11.7 Å². The van der Waals surface area contributed by atoms with E-state index >= 15 is 0 Å². The highest BCUT2D eigenvalue weighted by Gasteiger charge is 2.38. The second-order valence-corrected chi connectivity index (χ2v) is 7.03. The smallest absolute Gasteiger partial charge is 0.335 e. The topological polar surface area (TPSA) is 44.4 Å². The van der Waals surface area contributed by atoms with E-state index in [0.717, 1.165) is 38.3 Å². The van der Waals surface area contributed by atoms with E-state index in [9.17, 15) is 18.0 Å². The molecular formula is C19H24F3N3O. The largest absolute Gasteiger partial charge is 0.418 e. The zero-order valence-electron chi connectivity index (χ0n) is 14.6. The molecule has 0 spiro atoms. The molecule has 2 N–H and O–H groups in total. The van der Waals surface area contributed by atoms with Crippen molar-refractivity contribution in [2.75, 3.05) is 11.9 Å². The van der Waals surface area contributed by atoms with Crippen LogP contribution >= 0.6 is 0 Å². The molecule has 2 aliphatic heterocycles. The van der Waals surface area contributed by atoms with Gasteiger partial charge in [-0.3, -0.25) is 4.90 Å². The van der Waals surface area contributed by atoms with Crippen LogP contribution in [0.25, 0.3) is 0 Å². The number of benzene rings is 1. The first-order chi connectivity index (χ1) is 12.4. The summed E-state index contributed by atoms with van der Waals surface area (Å²) in [6.07, 6.45) is 2.39. The van der Waals surface area contributed by atoms with Gasteiger partial charge in [-0.05, 0) is 37.8 Å². The van der Waals surface area contributed by atoms with Gasteiger partial charge in [-0.25, -0.2) is 4.79 Å². The molecule has 4 nitrogen and oxygen atoms in total. The van der Waals surface area contributed by atoms with Crippen LogP contribution in [0.15, 0.2) is 36.9 Å². The van der Waals surface area contributed by atoms with Gasteiger partial charge in [-0.15, -0.1) is 6.58 Å². The van der Waals surface area contributed by atoms with Gasteiger partial charge in [0, 0.05) is 24.7 Å². The summed E-state index contributed by atoms with van der Waals surface area (Å²) in [4.78, 5) is 14.7. The van der Waals surface area contributed by atoms with Gasteiger partial charge in [0.25, 0.3) is 0 Å². The molecule has 0 saturated carbocycles. The maximum atomic E-state index is 13.0. The molecule has 142 valence electrons. The number of halogens is 3. The second kappa shape index (κ2) is 7.70. The van der Waals surface area contributed by atoms with Crippen LogP contribution in [0, 0.1) is 0 Å². The molecule has 2 bridgehead atoms. The molecule has 7 heteroatoms. The highest BCUT2D eigenvalue weighted by molar-refractivity contribution is 5.90. The number of fused-ring (bicyclic) bond motifs is 2. The lowest BCUT2D eigenvalue weighted by atomic mass is 9.82. The van der Waals surface area contributed by atoms with Crippen LogP contribution in [-0.4, -0.2) is 35.6 Å². The van der Waals surface area contributed by atoms with Gasteiger partial charge in [-0.2, -0.15) is 13.2 Å². The number of urea groups is 1. The number of para-hydroxylation sites is 1. The Bertz CT molecular complexity index is 648. The Kier molecular flexibility index (Phi) is 5.55. The third-order valence-corrected chi connectivity index (χ3v) is 5.28. The Morgan fingerprint density at radius 1 is 1.23 bits per heavy atom. The fourth-order valence-corrected chi connectivity index (χ4v) is 4.23. The summed E-state index contributed by atoms with van der Waals surface area (Å²) in [5, 5.41) is 5.23. The predicted octanol–water partition coefficient (Wildman–Crippen LogP) is 4.40. The summed E-state index contributed by atoms with van der Waals surface area (Å²) < 4.78 is 39.1. The van der Waals surface area contributed by atoms with Crippen LogP contribution in [-0.2, 0) is 6.18 Å². The lowest BCUT2D eigenvalue weighted by Gasteiger charge is -2.48. The molecule has 0 radical (unpaired) electrons. The average Bonchev–Trinajstić information content (AvgIpc) is 2.55. The van der Waals surface area contributed by atoms with Crippen molar-refractivity contribution in [3.63, 3.8) is 0 Å². The van der Waals surface area contributed by atoms with E-state index in [2.05, 4.69) is 22.1 Å². The molecule has 2 fully saturated rings. The third kappa shape index (κ3) is 4.20. The first kappa shape index (κ1) is 18.8. The maximum absolute atomic E-state index is 13.0. The lowest BCUT2D eigenvalue weighted by molar-refractivity contribution is -0.136. The van der Waals surface area contributed by atoms with E-state index in [1.165, 1.54) is 24.6 Å². The SMILES string of the molecule is C=CCN1[C@@H]2CCC[C@@H]1CC(NC(=O)Nc1ccccc1C(F)(F)F)C2. The number of carbonyl (C=O) groups excluding carboxylic acids is 1. The van der Waals surface area contributed by atoms with Gasteiger partial charge in [0.05, 0.1) is 11.3 Å². The minimum absolute atomic E-state index is 0.0237. The summed E-state index contributed by atoms with van der Waals surface area (Å²) in [6, 6.07) is 5.20. The van der Waals surface area contributed by atoms with E-state index in [0.29, 0.717) is 12.1 Å². The highest BCUT2D eigenvalue weighted by atomic mass is 19.4. The van der Waals surface area contributed by atoms with E-state index in [1.54, 1.807) is 0 Å². The zero-order chi connectivity index (χ0) is 18.7. The molecule has 2 atom stereocenters. The van der Waals surface area contributed by atoms with Crippen LogP contribution < -0.4 is 10.6 Å². The molecule has 2 amide bonds. The van der Waals surface area contributed by atoms with Crippen molar-refractivity contribution in [1.29, 1.82) is 0 Å². The molecular weight excluding hydrogens is 343 g/mol. The predicted molar refractivity (Wildman–Crippen MR) is 95.0 cm³/mol. The molecule has 26 heavy (non-hydrogen) atoms.